The molecule has 2 aromatic rings. The summed E-state index contributed by atoms with van der Waals surface area (Å²) in [5.41, 5.74) is 9.55. The average molecular weight is 440 g/mol. The number of hydrogen-bond acceptors (Lipinski definition) is 3. The van der Waals surface area contributed by atoms with Gasteiger partial charge in [-0.25, -0.2) is 0 Å². The Morgan fingerprint density at radius 1 is 1.10 bits per heavy atom. The molecule has 164 valence electrons. The molecule has 2 N–H and O–H groups in total. The lowest BCUT2D eigenvalue weighted by Gasteiger charge is -2.29. The summed E-state index contributed by atoms with van der Waals surface area (Å²) >= 11 is 6.35. The van der Waals surface area contributed by atoms with Gasteiger partial charge in [-0.2, -0.15) is 0 Å². The van der Waals surface area contributed by atoms with Crippen LogP contribution in [0.15, 0.2) is 42.5 Å². The van der Waals surface area contributed by atoms with Gasteiger partial charge in [-0.05, 0) is 54.0 Å². The fraction of sp³-hybridized carbons (Fsp3) is 0.440. The first kappa shape index (κ1) is 21.8. The summed E-state index contributed by atoms with van der Waals surface area (Å²) < 4.78 is 0. The molecule has 2 aromatic carbocycles. The van der Waals surface area contributed by atoms with Crippen molar-refractivity contribution < 1.29 is 9.59 Å². The van der Waals surface area contributed by atoms with E-state index >= 15 is 0 Å². The number of nitrogens with zero attached hydrogens (tertiary/aromatic N) is 2. The van der Waals surface area contributed by atoms with Crippen molar-refractivity contribution >= 4 is 23.4 Å². The number of likely N-dealkylation sites (tertiary alicyclic amines) is 2. The van der Waals surface area contributed by atoms with E-state index in [9.17, 15) is 9.59 Å². The van der Waals surface area contributed by atoms with E-state index in [0.717, 1.165) is 54.9 Å². The standard InChI is InChI=1S/C25H30ClN3O2/c1-3-17-6-4-5-7-21(17)25(31)29-14-19-12-28(13-20(19)15-29)23(11-24(27)30)18-9-8-16(2)22(26)10-18/h4-10,19-20,23H,3,11-15H2,1-2H3,(H2,27,30). The Bertz CT molecular complexity index is 978. The molecule has 4 rings (SSSR count). The monoisotopic (exact) mass is 439 g/mol. The molecular weight excluding hydrogens is 410 g/mol. The van der Waals surface area contributed by atoms with Crippen LogP contribution in [0, 0.1) is 18.8 Å². The second-order valence-electron chi connectivity index (χ2n) is 8.89. The van der Waals surface area contributed by atoms with Crippen molar-refractivity contribution in [1.82, 2.24) is 9.80 Å². The number of benzene rings is 2. The molecule has 3 unspecified atom stereocenters. The smallest absolute Gasteiger partial charge is 0.254 e. The van der Waals surface area contributed by atoms with E-state index in [-0.39, 0.29) is 24.3 Å². The molecule has 3 atom stereocenters. The lowest BCUT2D eigenvalue weighted by atomic mass is 10.0. The fourth-order valence-corrected chi connectivity index (χ4v) is 5.31. The second kappa shape index (κ2) is 9.01. The van der Waals surface area contributed by atoms with E-state index in [2.05, 4.69) is 11.8 Å². The van der Waals surface area contributed by atoms with Crippen molar-refractivity contribution in [3.63, 3.8) is 0 Å². The highest BCUT2D eigenvalue weighted by atomic mass is 35.5. The van der Waals surface area contributed by atoms with Gasteiger partial charge in [0.1, 0.15) is 0 Å². The van der Waals surface area contributed by atoms with Gasteiger partial charge in [-0.1, -0.05) is 48.9 Å². The van der Waals surface area contributed by atoms with E-state index in [1.807, 2.05) is 54.3 Å². The second-order valence-corrected chi connectivity index (χ2v) is 9.30. The third-order valence-corrected chi connectivity index (χ3v) is 7.25. The van der Waals surface area contributed by atoms with Crippen molar-refractivity contribution in [3.8, 4) is 0 Å². The summed E-state index contributed by atoms with van der Waals surface area (Å²) in [7, 11) is 0. The lowest BCUT2D eigenvalue weighted by Crippen LogP contribution is -2.36. The van der Waals surface area contributed by atoms with Crippen LogP contribution in [0.4, 0.5) is 0 Å². The van der Waals surface area contributed by atoms with Gasteiger partial charge >= 0.3 is 0 Å². The minimum Gasteiger partial charge on any atom is -0.370 e. The number of aryl methyl sites for hydroxylation is 2. The molecule has 2 saturated heterocycles. The summed E-state index contributed by atoms with van der Waals surface area (Å²) in [6, 6.07) is 13.8. The largest absolute Gasteiger partial charge is 0.370 e. The van der Waals surface area contributed by atoms with Crippen LogP contribution in [0.5, 0.6) is 0 Å². The van der Waals surface area contributed by atoms with Gasteiger partial charge in [0, 0.05) is 49.2 Å². The molecule has 0 bridgehead atoms. The highest BCUT2D eigenvalue weighted by Gasteiger charge is 2.44. The van der Waals surface area contributed by atoms with Crippen LogP contribution >= 0.6 is 11.6 Å². The number of carbonyl (C=O) groups excluding carboxylic acids is 2. The van der Waals surface area contributed by atoms with Crippen molar-refractivity contribution in [3.05, 3.63) is 69.7 Å². The highest BCUT2D eigenvalue weighted by Crippen LogP contribution is 2.38. The Morgan fingerprint density at radius 2 is 1.77 bits per heavy atom. The minimum absolute atomic E-state index is 0.0776. The van der Waals surface area contributed by atoms with Crippen molar-refractivity contribution in [2.75, 3.05) is 26.2 Å². The molecule has 2 aliphatic rings. The summed E-state index contributed by atoms with van der Waals surface area (Å²) in [5.74, 6) is 0.646. The number of nitrogens with two attached hydrogens (primary N) is 1. The van der Waals surface area contributed by atoms with Gasteiger partial charge in [-0.15, -0.1) is 0 Å². The zero-order valence-corrected chi connectivity index (χ0v) is 18.9. The van der Waals surface area contributed by atoms with Crippen molar-refractivity contribution in [2.24, 2.45) is 17.6 Å². The van der Waals surface area contributed by atoms with E-state index in [1.165, 1.54) is 0 Å². The van der Waals surface area contributed by atoms with Gasteiger partial charge in [0.25, 0.3) is 5.91 Å². The number of hydrogen-bond donors (Lipinski definition) is 1. The predicted molar refractivity (Wildman–Crippen MR) is 123 cm³/mol. The summed E-state index contributed by atoms with van der Waals surface area (Å²) in [6.07, 6.45) is 1.12. The lowest BCUT2D eigenvalue weighted by molar-refractivity contribution is -0.119. The summed E-state index contributed by atoms with van der Waals surface area (Å²) in [6.45, 7) is 7.28. The number of amides is 2. The van der Waals surface area contributed by atoms with Gasteiger partial charge in [0.05, 0.1) is 0 Å². The fourth-order valence-electron chi connectivity index (χ4n) is 5.12. The maximum absolute atomic E-state index is 13.1. The Morgan fingerprint density at radius 3 is 2.39 bits per heavy atom. The summed E-state index contributed by atoms with van der Waals surface area (Å²) in [4.78, 5) is 29.3. The van der Waals surface area contributed by atoms with Crippen LogP contribution in [-0.4, -0.2) is 47.8 Å². The molecule has 0 radical (unpaired) electrons. The molecule has 2 fully saturated rings. The van der Waals surface area contributed by atoms with Crippen molar-refractivity contribution in [1.29, 1.82) is 0 Å². The Kier molecular flexibility index (Phi) is 6.35. The molecule has 0 aromatic heterocycles. The third-order valence-electron chi connectivity index (χ3n) is 6.85. The number of rotatable bonds is 6. The molecule has 0 spiro atoms. The van der Waals surface area contributed by atoms with E-state index in [4.69, 9.17) is 17.3 Å². The van der Waals surface area contributed by atoms with Crippen LogP contribution in [-0.2, 0) is 11.2 Å². The Balaban J connectivity index is 1.47. The molecule has 31 heavy (non-hydrogen) atoms. The van der Waals surface area contributed by atoms with Crippen LogP contribution in [0.2, 0.25) is 5.02 Å². The molecule has 2 heterocycles. The predicted octanol–water partition coefficient (Wildman–Crippen LogP) is 3.83. The van der Waals surface area contributed by atoms with Crippen LogP contribution in [0.1, 0.15) is 46.4 Å². The zero-order valence-electron chi connectivity index (χ0n) is 18.2. The molecule has 2 aliphatic heterocycles. The molecule has 2 amide bonds. The maximum Gasteiger partial charge on any atom is 0.254 e. The van der Waals surface area contributed by atoms with Gasteiger partial charge in [0.15, 0.2) is 0 Å². The SMILES string of the molecule is CCc1ccccc1C(=O)N1CC2CN(C(CC(N)=O)c3ccc(C)c(Cl)c3)CC2C1. The quantitative estimate of drug-likeness (QED) is 0.743. The molecule has 5 nitrogen and oxygen atoms in total. The van der Waals surface area contributed by atoms with E-state index in [1.54, 1.807) is 0 Å². The Labute approximate surface area is 189 Å². The molecule has 6 heteroatoms. The third kappa shape index (κ3) is 4.48. The van der Waals surface area contributed by atoms with Gasteiger partial charge in [-0.3, -0.25) is 14.5 Å². The maximum atomic E-state index is 13.1. The first-order chi connectivity index (χ1) is 14.9. The Hall–Kier alpha value is -2.37. The number of carbonyl (C=O) groups is 2. The molecule has 0 saturated carbocycles. The van der Waals surface area contributed by atoms with Gasteiger partial charge < -0.3 is 10.6 Å². The first-order valence-electron chi connectivity index (χ1n) is 11.0. The average Bonchev–Trinajstić information content (AvgIpc) is 3.32. The minimum atomic E-state index is -0.313. The van der Waals surface area contributed by atoms with Crippen LogP contribution < -0.4 is 5.73 Å². The first-order valence-corrected chi connectivity index (χ1v) is 11.4. The topological polar surface area (TPSA) is 66.6 Å². The molecular formula is C25H30ClN3O2. The summed E-state index contributed by atoms with van der Waals surface area (Å²) in [5, 5.41) is 0.706. The van der Waals surface area contributed by atoms with Gasteiger partial charge in [0.2, 0.25) is 5.91 Å². The van der Waals surface area contributed by atoms with Crippen molar-refractivity contribution in [2.45, 2.75) is 32.7 Å². The zero-order chi connectivity index (χ0) is 22.1. The highest BCUT2D eigenvalue weighted by molar-refractivity contribution is 6.31. The van der Waals surface area contributed by atoms with Crippen LogP contribution in [0.3, 0.4) is 0 Å². The van der Waals surface area contributed by atoms with Crippen LogP contribution in [0.25, 0.3) is 0 Å². The number of halogens is 1. The molecule has 0 aliphatic carbocycles. The van der Waals surface area contributed by atoms with E-state index < -0.39 is 0 Å². The number of fused-ring (bicyclic) bond motifs is 1. The number of primary amides is 1. The normalized spacial score (nSPS) is 21.8. The van der Waals surface area contributed by atoms with E-state index in [0.29, 0.717) is 16.9 Å².